The Morgan fingerprint density at radius 1 is 1.39 bits per heavy atom. The molecule has 2 heterocycles. The van der Waals surface area contributed by atoms with Gasteiger partial charge in [0, 0.05) is 18.1 Å². The van der Waals surface area contributed by atoms with E-state index in [1.54, 1.807) is 0 Å². The molecule has 0 radical (unpaired) electrons. The molecule has 0 saturated heterocycles. The predicted molar refractivity (Wildman–Crippen MR) is 84.9 cm³/mol. The van der Waals surface area contributed by atoms with Crippen molar-refractivity contribution in [2.45, 2.75) is 39.7 Å². The molecule has 0 aliphatic rings. The zero-order valence-electron chi connectivity index (χ0n) is 13.6. The van der Waals surface area contributed by atoms with E-state index in [4.69, 9.17) is 0 Å². The van der Waals surface area contributed by atoms with Crippen LogP contribution in [0, 0.1) is 13.8 Å². The molecule has 0 spiro atoms. The lowest BCUT2D eigenvalue weighted by Gasteiger charge is -2.24. The van der Waals surface area contributed by atoms with E-state index < -0.39 is 23.7 Å². The number of aryl methyl sites for hydroxylation is 3. The van der Waals surface area contributed by atoms with Gasteiger partial charge in [-0.15, -0.1) is 11.3 Å². The van der Waals surface area contributed by atoms with E-state index in [0.29, 0.717) is 0 Å². The molecule has 0 aliphatic carbocycles. The van der Waals surface area contributed by atoms with Crippen LogP contribution in [0.5, 0.6) is 0 Å². The van der Waals surface area contributed by atoms with E-state index in [-0.39, 0.29) is 5.69 Å². The van der Waals surface area contributed by atoms with Gasteiger partial charge in [0.2, 0.25) is 0 Å². The summed E-state index contributed by atoms with van der Waals surface area (Å²) in [6, 6.07) is -0.588. The summed E-state index contributed by atoms with van der Waals surface area (Å²) in [4.78, 5) is 17.7. The average Bonchev–Trinajstić information content (AvgIpc) is 2.93. The number of urea groups is 1. The number of aromatic nitrogens is 3. The smallest absolute Gasteiger partial charge is 0.320 e. The Hall–Kier alpha value is -2.03. The third-order valence-corrected chi connectivity index (χ3v) is 4.70. The standard InChI is InChI=1S/C14H19F2N5OS/c1-7-8(2)23-12(17-7)14(3,4)19-13(22)18-9-6-21(5)20-10(9)11(15)16/h6,11H,1-5H3,(H2,18,19,22). The van der Waals surface area contributed by atoms with Crippen LogP contribution in [0.4, 0.5) is 19.3 Å². The van der Waals surface area contributed by atoms with Crippen molar-refractivity contribution in [1.29, 1.82) is 0 Å². The Labute approximate surface area is 136 Å². The SMILES string of the molecule is Cc1nc(C(C)(C)NC(=O)Nc2cn(C)nc2C(F)F)sc1C. The predicted octanol–water partition coefficient (Wildman–Crippen LogP) is 3.49. The van der Waals surface area contributed by atoms with Crippen LogP contribution in [0.2, 0.25) is 0 Å². The number of anilines is 1. The highest BCUT2D eigenvalue weighted by Gasteiger charge is 2.28. The Bertz CT molecular complexity index is 703. The van der Waals surface area contributed by atoms with Gasteiger partial charge in [-0.25, -0.2) is 18.6 Å². The molecule has 2 N–H and O–H groups in total. The Morgan fingerprint density at radius 3 is 2.57 bits per heavy atom. The number of alkyl halides is 2. The topological polar surface area (TPSA) is 71.8 Å². The summed E-state index contributed by atoms with van der Waals surface area (Å²) in [6.45, 7) is 7.47. The number of amides is 2. The maximum absolute atomic E-state index is 12.9. The molecule has 0 unspecified atom stereocenters. The molecule has 0 atom stereocenters. The van der Waals surface area contributed by atoms with Gasteiger partial charge in [0.15, 0.2) is 5.69 Å². The molecular formula is C14H19F2N5OS. The monoisotopic (exact) mass is 343 g/mol. The van der Waals surface area contributed by atoms with Crippen LogP contribution in [-0.4, -0.2) is 20.8 Å². The van der Waals surface area contributed by atoms with E-state index >= 15 is 0 Å². The number of hydrogen-bond donors (Lipinski definition) is 2. The van der Waals surface area contributed by atoms with Crippen molar-refractivity contribution in [1.82, 2.24) is 20.1 Å². The van der Waals surface area contributed by atoms with Crippen molar-refractivity contribution in [3.05, 3.63) is 27.5 Å². The first kappa shape index (κ1) is 17.3. The zero-order valence-corrected chi connectivity index (χ0v) is 14.4. The second kappa shape index (κ2) is 6.23. The van der Waals surface area contributed by atoms with E-state index in [2.05, 4.69) is 20.7 Å². The summed E-state index contributed by atoms with van der Waals surface area (Å²) in [5, 5.41) is 9.58. The van der Waals surface area contributed by atoms with Gasteiger partial charge >= 0.3 is 6.03 Å². The zero-order chi connectivity index (χ0) is 17.4. The van der Waals surface area contributed by atoms with Crippen LogP contribution in [-0.2, 0) is 12.6 Å². The lowest BCUT2D eigenvalue weighted by molar-refractivity contribution is 0.146. The van der Waals surface area contributed by atoms with E-state index in [1.165, 1.54) is 29.3 Å². The van der Waals surface area contributed by atoms with Gasteiger partial charge < -0.3 is 10.6 Å². The van der Waals surface area contributed by atoms with Crippen LogP contribution >= 0.6 is 11.3 Å². The minimum Gasteiger partial charge on any atom is -0.326 e. The fraction of sp³-hybridized carbons (Fsp3) is 0.500. The second-order valence-electron chi connectivity index (χ2n) is 5.77. The molecule has 9 heteroatoms. The van der Waals surface area contributed by atoms with Crippen molar-refractivity contribution < 1.29 is 13.6 Å². The van der Waals surface area contributed by atoms with Crippen molar-refractivity contribution in [3.8, 4) is 0 Å². The summed E-state index contributed by atoms with van der Waals surface area (Å²) in [5.41, 5.74) is -0.280. The maximum atomic E-state index is 12.9. The van der Waals surface area contributed by atoms with Gasteiger partial charge in [0.1, 0.15) is 5.01 Å². The average molecular weight is 343 g/mol. The largest absolute Gasteiger partial charge is 0.326 e. The Morgan fingerprint density at radius 2 is 2.04 bits per heavy atom. The first-order valence-corrected chi connectivity index (χ1v) is 7.77. The highest BCUT2D eigenvalue weighted by atomic mass is 32.1. The molecule has 0 saturated carbocycles. The molecule has 6 nitrogen and oxygen atoms in total. The minimum atomic E-state index is -2.76. The summed E-state index contributed by atoms with van der Waals surface area (Å²) in [7, 11) is 1.51. The molecule has 126 valence electrons. The summed E-state index contributed by atoms with van der Waals surface area (Å²) in [5.74, 6) is 0. The number of thiazole rings is 1. The quantitative estimate of drug-likeness (QED) is 0.893. The molecule has 0 aliphatic heterocycles. The Kier molecular flexibility index (Phi) is 4.69. The van der Waals surface area contributed by atoms with E-state index in [1.807, 2.05) is 27.7 Å². The number of nitrogens with zero attached hydrogens (tertiary/aromatic N) is 3. The van der Waals surface area contributed by atoms with Gasteiger partial charge in [0.25, 0.3) is 6.43 Å². The highest BCUT2D eigenvalue weighted by molar-refractivity contribution is 7.11. The summed E-state index contributed by atoms with van der Waals surface area (Å²) >= 11 is 1.49. The third kappa shape index (κ3) is 3.84. The lowest BCUT2D eigenvalue weighted by Crippen LogP contribution is -2.43. The van der Waals surface area contributed by atoms with Crippen molar-refractivity contribution in [2.75, 3.05) is 5.32 Å². The van der Waals surface area contributed by atoms with Crippen LogP contribution in [0.1, 0.15) is 41.5 Å². The fourth-order valence-corrected chi connectivity index (χ4v) is 2.97. The van der Waals surface area contributed by atoms with E-state index in [9.17, 15) is 13.6 Å². The van der Waals surface area contributed by atoms with Crippen LogP contribution in [0.25, 0.3) is 0 Å². The van der Waals surface area contributed by atoms with Crippen LogP contribution in [0.15, 0.2) is 6.20 Å². The maximum Gasteiger partial charge on any atom is 0.320 e. The fourth-order valence-electron chi connectivity index (χ4n) is 1.99. The molecular weight excluding hydrogens is 324 g/mol. The molecule has 0 fully saturated rings. The third-order valence-electron chi connectivity index (χ3n) is 3.30. The van der Waals surface area contributed by atoms with Gasteiger partial charge in [-0.1, -0.05) is 0 Å². The number of nitrogens with one attached hydrogen (secondary N) is 2. The normalized spacial score (nSPS) is 11.8. The van der Waals surface area contributed by atoms with Crippen LogP contribution in [0.3, 0.4) is 0 Å². The van der Waals surface area contributed by atoms with Gasteiger partial charge in [-0.2, -0.15) is 5.10 Å². The number of halogens is 2. The molecule has 0 bridgehead atoms. The van der Waals surface area contributed by atoms with Gasteiger partial charge in [-0.3, -0.25) is 4.68 Å². The summed E-state index contributed by atoms with van der Waals surface area (Å²) < 4.78 is 27.0. The number of rotatable bonds is 4. The molecule has 2 aromatic rings. The number of carbonyl (C=O) groups is 1. The first-order valence-electron chi connectivity index (χ1n) is 6.95. The summed E-state index contributed by atoms with van der Waals surface area (Å²) in [6.07, 6.45) is -1.42. The van der Waals surface area contributed by atoms with Gasteiger partial charge in [-0.05, 0) is 27.7 Å². The molecule has 0 aromatic carbocycles. The van der Waals surface area contributed by atoms with Crippen LogP contribution < -0.4 is 10.6 Å². The Balaban J connectivity index is 2.13. The number of carbonyl (C=O) groups excluding carboxylic acids is 1. The van der Waals surface area contributed by atoms with Crippen molar-refractivity contribution in [2.24, 2.45) is 7.05 Å². The molecule has 2 aromatic heterocycles. The van der Waals surface area contributed by atoms with E-state index in [0.717, 1.165) is 15.6 Å². The number of hydrogen-bond acceptors (Lipinski definition) is 4. The van der Waals surface area contributed by atoms with Crippen molar-refractivity contribution >= 4 is 23.1 Å². The molecule has 2 amide bonds. The van der Waals surface area contributed by atoms with Gasteiger partial charge in [0.05, 0.1) is 16.9 Å². The second-order valence-corrected chi connectivity index (χ2v) is 6.97. The highest BCUT2D eigenvalue weighted by Crippen LogP contribution is 2.28. The van der Waals surface area contributed by atoms with Crippen molar-refractivity contribution in [3.63, 3.8) is 0 Å². The molecule has 23 heavy (non-hydrogen) atoms. The minimum absolute atomic E-state index is 0.0118. The lowest BCUT2D eigenvalue weighted by atomic mass is 10.1. The first-order chi connectivity index (χ1) is 10.6. The molecule has 2 rings (SSSR count).